The van der Waals surface area contributed by atoms with E-state index in [1.54, 1.807) is 32.0 Å². The number of nitrogens with zero attached hydrogens (tertiary/aromatic N) is 1. The van der Waals surface area contributed by atoms with E-state index in [1.165, 1.54) is 19.2 Å². The molecular weight excluding hydrogens is 478 g/mol. The Kier molecular flexibility index (Phi) is 6.52. The number of likely N-dealkylation sites (N-methyl/N-ethyl adjacent to an activating group) is 1. The SMILES string of the molecule is CCNC(=O)COc1cc2onc(C)c2cc1NS(=O)(=O)c1cc(Br)ccc1OC. The molecule has 1 amide bonds. The summed E-state index contributed by atoms with van der Waals surface area (Å²) in [5, 5.41) is 7.11. The molecule has 2 aromatic carbocycles. The number of carbonyl (C=O) groups excluding carboxylic acids is 1. The molecule has 0 aliphatic heterocycles. The summed E-state index contributed by atoms with van der Waals surface area (Å²) in [6.45, 7) is 3.68. The number of fused-ring (bicyclic) bond motifs is 1. The van der Waals surface area contributed by atoms with Crippen LogP contribution in [0.25, 0.3) is 11.0 Å². The van der Waals surface area contributed by atoms with Crippen LogP contribution in [0.15, 0.2) is 44.2 Å². The number of carbonyl (C=O) groups is 1. The number of hydrogen-bond donors (Lipinski definition) is 2. The number of halogens is 1. The highest BCUT2D eigenvalue weighted by Gasteiger charge is 2.23. The van der Waals surface area contributed by atoms with Crippen molar-refractivity contribution in [2.75, 3.05) is 25.0 Å². The Morgan fingerprint density at radius 2 is 2.00 bits per heavy atom. The third kappa shape index (κ3) is 4.68. The summed E-state index contributed by atoms with van der Waals surface area (Å²) in [5.74, 6) is -0.0333. The number of ether oxygens (including phenoxy) is 2. The monoisotopic (exact) mass is 497 g/mol. The molecule has 1 aromatic heterocycles. The van der Waals surface area contributed by atoms with Gasteiger partial charge in [0.1, 0.15) is 16.4 Å². The van der Waals surface area contributed by atoms with E-state index in [1.807, 2.05) is 0 Å². The van der Waals surface area contributed by atoms with Gasteiger partial charge < -0.3 is 19.3 Å². The van der Waals surface area contributed by atoms with Crippen LogP contribution in [0.4, 0.5) is 5.69 Å². The molecule has 0 aliphatic carbocycles. The van der Waals surface area contributed by atoms with Gasteiger partial charge in [0, 0.05) is 22.5 Å². The van der Waals surface area contributed by atoms with Gasteiger partial charge in [0.2, 0.25) is 0 Å². The lowest BCUT2D eigenvalue weighted by molar-refractivity contribution is -0.122. The second-order valence-corrected chi connectivity index (χ2v) is 8.82. The van der Waals surface area contributed by atoms with E-state index in [-0.39, 0.29) is 34.6 Å². The first-order valence-electron chi connectivity index (χ1n) is 8.91. The van der Waals surface area contributed by atoms with Gasteiger partial charge in [-0.1, -0.05) is 21.1 Å². The third-order valence-corrected chi connectivity index (χ3v) is 6.02. The van der Waals surface area contributed by atoms with E-state index in [2.05, 4.69) is 31.1 Å². The maximum Gasteiger partial charge on any atom is 0.265 e. The average Bonchev–Trinajstić information content (AvgIpc) is 3.06. The maximum absolute atomic E-state index is 13.1. The molecule has 0 spiro atoms. The number of nitrogens with one attached hydrogen (secondary N) is 2. The zero-order valence-corrected chi connectivity index (χ0v) is 18.9. The van der Waals surface area contributed by atoms with Crippen molar-refractivity contribution in [3.8, 4) is 11.5 Å². The zero-order chi connectivity index (χ0) is 21.9. The Balaban J connectivity index is 2.03. The van der Waals surface area contributed by atoms with Gasteiger partial charge in [-0.05, 0) is 38.1 Å². The topological polar surface area (TPSA) is 120 Å². The van der Waals surface area contributed by atoms with Crippen molar-refractivity contribution >= 4 is 48.5 Å². The summed E-state index contributed by atoms with van der Waals surface area (Å²) in [6.07, 6.45) is 0. The van der Waals surface area contributed by atoms with E-state index in [9.17, 15) is 13.2 Å². The number of sulfonamides is 1. The van der Waals surface area contributed by atoms with E-state index >= 15 is 0 Å². The number of anilines is 1. The highest BCUT2D eigenvalue weighted by atomic mass is 79.9. The molecule has 30 heavy (non-hydrogen) atoms. The Morgan fingerprint density at radius 1 is 1.23 bits per heavy atom. The van der Waals surface area contributed by atoms with E-state index in [0.29, 0.717) is 27.7 Å². The molecule has 2 N–H and O–H groups in total. The smallest absolute Gasteiger partial charge is 0.265 e. The van der Waals surface area contributed by atoms with Gasteiger partial charge in [0.25, 0.3) is 15.9 Å². The first-order valence-corrected chi connectivity index (χ1v) is 11.2. The normalized spacial score (nSPS) is 11.3. The first kappa shape index (κ1) is 21.9. The van der Waals surface area contributed by atoms with Crippen LogP contribution in [0.2, 0.25) is 0 Å². The molecule has 3 rings (SSSR count). The van der Waals surface area contributed by atoms with Crippen LogP contribution < -0.4 is 19.5 Å². The maximum atomic E-state index is 13.1. The molecule has 3 aromatic rings. The van der Waals surface area contributed by atoms with Gasteiger partial charge in [-0.15, -0.1) is 0 Å². The summed E-state index contributed by atoms with van der Waals surface area (Å²) in [7, 11) is -2.67. The summed E-state index contributed by atoms with van der Waals surface area (Å²) in [5.41, 5.74) is 1.13. The van der Waals surface area contributed by atoms with Crippen molar-refractivity contribution in [2.45, 2.75) is 18.7 Å². The van der Waals surface area contributed by atoms with Gasteiger partial charge in [0.05, 0.1) is 18.5 Å². The fraction of sp³-hybridized carbons (Fsp3) is 0.263. The highest BCUT2D eigenvalue weighted by Crippen LogP contribution is 2.35. The molecule has 0 saturated carbocycles. The first-order chi connectivity index (χ1) is 14.2. The fourth-order valence-electron chi connectivity index (χ4n) is 2.74. The summed E-state index contributed by atoms with van der Waals surface area (Å²) in [4.78, 5) is 11.7. The number of amides is 1. The van der Waals surface area contributed by atoms with Crippen LogP contribution in [-0.2, 0) is 14.8 Å². The Hall–Kier alpha value is -2.79. The van der Waals surface area contributed by atoms with Crippen LogP contribution in [-0.4, -0.2) is 39.7 Å². The molecule has 0 saturated heterocycles. The van der Waals surface area contributed by atoms with Crippen LogP contribution in [0.1, 0.15) is 12.6 Å². The highest BCUT2D eigenvalue weighted by molar-refractivity contribution is 9.10. The second-order valence-electron chi connectivity index (χ2n) is 6.26. The van der Waals surface area contributed by atoms with Crippen molar-refractivity contribution in [3.05, 3.63) is 40.5 Å². The Bertz CT molecular complexity index is 1190. The molecule has 0 aliphatic rings. The van der Waals surface area contributed by atoms with Crippen LogP contribution in [0.5, 0.6) is 11.5 Å². The second kappa shape index (κ2) is 8.92. The Labute approximate surface area is 181 Å². The minimum atomic E-state index is -4.05. The van der Waals surface area contributed by atoms with Crippen molar-refractivity contribution in [1.29, 1.82) is 0 Å². The minimum Gasteiger partial charge on any atom is -0.495 e. The lowest BCUT2D eigenvalue weighted by Crippen LogP contribution is -2.28. The van der Waals surface area contributed by atoms with Crippen molar-refractivity contribution < 1.29 is 27.2 Å². The van der Waals surface area contributed by atoms with Crippen molar-refractivity contribution in [2.24, 2.45) is 0 Å². The van der Waals surface area contributed by atoms with Gasteiger partial charge in [-0.3, -0.25) is 9.52 Å². The molecule has 160 valence electrons. The summed E-state index contributed by atoms with van der Waals surface area (Å²) >= 11 is 3.27. The largest absolute Gasteiger partial charge is 0.495 e. The zero-order valence-electron chi connectivity index (χ0n) is 16.5. The lowest BCUT2D eigenvalue weighted by atomic mass is 10.2. The number of methoxy groups -OCH3 is 1. The quantitative estimate of drug-likeness (QED) is 0.490. The van der Waals surface area contributed by atoms with E-state index in [0.717, 1.165) is 0 Å². The van der Waals surface area contributed by atoms with E-state index < -0.39 is 10.0 Å². The van der Waals surface area contributed by atoms with Crippen LogP contribution in [0, 0.1) is 6.92 Å². The number of rotatable bonds is 8. The summed E-state index contributed by atoms with van der Waals surface area (Å²) in [6, 6.07) is 7.68. The number of hydrogen-bond acceptors (Lipinski definition) is 7. The van der Waals surface area contributed by atoms with Gasteiger partial charge in [-0.25, -0.2) is 8.42 Å². The predicted molar refractivity (Wildman–Crippen MR) is 114 cm³/mol. The number of aryl methyl sites for hydroxylation is 1. The van der Waals surface area contributed by atoms with Gasteiger partial charge in [0.15, 0.2) is 12.2 Å². The minimum absolute atomic E-state index is 0.0591. The molecule has 0 radical (unpaired) electrons. The van der Waals surface area contributed by atoms with Gasteiger partial charge >= 0.3 is 0 Å². The Morgan fingerprint density at radius 3 is 2.70 bits per heavy atom. The molecule has 9 nitrogen and oxygen atoms in total. The average molecular weight is 498 g/mol. The molecule has 0 fully saturated rings. The molecular formula is C19H20BrN3O6S. The van der Waals surface area contributed by atoms with Crippen molar-refractivity contribution in [1.82, 2.24) is 10.5 Å². The van der Waals surface area contributed by atoms with Crippen molar-refractivity contribution in [3.63, 3.8) is 0 Å². The predicted octanol–water partition coefficient (Wildman–Crippen LogP) is 3.22. The van der Waals surface area contributed by atoms with E-state index in [4.69, 9.17) is 14.0 Å². The van der Waals surface area contributed by atoms with Crippen LogP contribution in [0.3, 0.4) is 0 Å². The molecule has 0 unspecified atom stereocenters. The van der Waals surface area contributed by atoms with Gasteiger partial charge in [-0.2, -0.15) is 0 Å². The summed E-state index contributed by atoms with van der Waals surface area (Å²) < 4.78 is 45.3. The fourth-order valence-corrected chi connectivity index (χ4v) is 4.51. The molecule has 0 atom stereocenters. The third-order valence-electron chi connectivity index (χ3n) is 4.14. The number of benzene rings is 2. The number of aromatic nitrogens is 1. The van der Waals surface area contributed by atoms with Crippen LogP contribution >= 0.6 is 15.9 Å². The molecule has 1 heterocycles. The molecule has 0 bridgehead atoms. The lowest BCUT2D eigenvalue weighted by Gasteiger charge is -2.15. The molecule has 11 heteroatoms. The standard InChI is InChI=1S/C19H20BrN3O6S/c1-4-21-19(24)10-28-17-9-16-13(11(2)22-29-16)8-14(17)23-30(25,26)18-7-12(20)5-6-15(18)27-3/h5-9,23H,4,10H2,1-3H3,(H,21,24).